The van der Waals surface area contributed by atoms with Gasteiger partial charge in [-0.3, -0.25) is 0 Å². The van der Waals surface area contributed by atoms with Gasteiger partial charge >= 0.3 is 0 Å². The molecule has 2 aliphatic rings. The van der Waals surface area contributed by atoms with E-state index in [4.69, 9.17) is 9.47 Å². The molecule has 0 fully saturated rings. The highest BCUT2D eigenvalue weighted by Crippen LogP contribution is 2.46. The molecule has 1 aromatic rings. The molecule has 1 aliphatic carbocycles. The Morgan fingerprint density at radius 3 is 2.64 bits per heavy atom. The van der Waals surface area contributed by atoms with Crippen molar-refractivity contribution in [2.75, 3.05) is 12.4 Å². The standard InChI is InChI=1S/C17H19NO4/c1-9(2)22-15-8-14-12(16(19)17(15)20)7-10-6-11(21-3)4-5-13(10)18-14/h4-9,13,18-20H,1-3H3. The maximum absolute atomic E-state index is 10.3. The second-order valence-electron chi connectivity index (χ2n) is 5.58. The van der Waals surface area contributed by atoms with E-state index in [9.17, 15) is 10.2 Å². The van der Waals surface area contributed by atoms with E-state index < -0.39 is 0 Å². The van der Waals surface area contributed by atoms with Crippen molar-refractivity contribution in [2.45, 2.75) is 26.0 Å². The summed E-state index contributed by atoms with van der Waals surface area (Å²) >= 11 is 0. The van der Waals surface area contributed by atoms with Gasteiger partial charge in [0, 0.05) is 17.3 Å². The average Bonchev–Trinajstić information content (AvgIpc) is 2.50. The number of nitrogens with one attached hydrogen (secondary N) is 1. The fraction of sp³-hybridized carbons (Fsp3) is 0.294. The Bertz CT molecular complexity index is 701. The zero-order valence-corrected chi connectivity index (χ0v) is 12.8. The molecule has 1 aromatic carbocycles. The van der Waals surface area contributed by atoms with Crippen LogP contribution in [0.1, 0.15) is 19.4 Å². The summed E-state index contributed by atoms with van der Waals surface area (Å²) in [4.78, 5) is 0. The van der Waals surface area contributed by atoms with Crippen LogP contribution in [0.5, 0.6) is 17.2 Å². The lowest BCUT2D eigenvalue weighted by Crippen LogP contribution is -2.24. The Hall–Kier alpha value is -2.56. The minimum Gasteiger partial charge on any atom is -0.504 e. The van der Waals surface area contributed by atoms with Gasteiger partial charge in [-0.05, 0) is 37.6 Å². The van der Waals surface area contributed by atoms with Crippen LogP contribution in [0.4, 0.5) is 5.69 Å². The van der Waals surface area contributed by atoms with E-state index in [1.165, 1.54) is 0 Å². The highest BCUT2D eigenvalue weighted by molar-refractivity contribution is 5.84. The van der Waals surface area contributed by atoms with E-state index in [0.29, 0.717) is 5.56 Å². The largest absolute Gasteiger partial charge is 0.504 e. The van der Waals surface area contributed by atoms with Gasteiger partial charge < -0.3 is 25.0 Å². The van der Waals surface area contributed by atoms with Gasteiger partial charge in [-0.25, -0.2) is 0 Å². The lowest BCUT2D eigenvalue weighted by molar-refractivity contribution is 0.229. The van der Waals surface area contributed by atoms with Gasteiger partial charge in [-0.2, -0.15) is 0 Å². The van der Waals surface area contributed by atoms with Gasteiger partial charge in [-0.1, -0.05) is 6.08 Å². The molecular weight excluding hydrogens is 282 g/mol. The molecule has 1 heterocycles. The summed E-state index contributed by atoms with van der Waals surface area (Å²) in [6, 6.07) is 1.71. The highest BCUT2D eigenvalue weighted by Gasteiger charge is 2.25. The fourth-order valence-corrected chi connectivity index (χ4v) is 2.59. The van der Waals surface area contributed by atoms with Gasteiger partial charge in [-0.15, -0.1) is 0 Å². The molecule has 0 spiro atoms. The van der Waals surface area contributed by atoms with Gasteiger partial charge in [0.2, 0.25) is 5.75 Å². The number of rotatable bonds is 3. The molecule has 1 atom stereocenters. The SMILES string of the molecule is COC1=CC2=Cc3c(cc(OC(C)C)c(O)c3O)NC2C=C1. The van der Waals surface area contributed by atoms with E-state index in [2.05, 4.69) is 5.32 Å². The normalized spacial score (nSPS) is 18.8. The molecule has 5 nitrogen and oxygen atoms in total. The molecule has 3 rings (SSSR count). The summed E-state index contributed by atoms with van der Waals surface area (Å²) in [5.74, 6) is 0.583. The minimum atomic E-state index is -0.244. The molecule has 116 valence electrons. The molecule has 1 aliphatic heterocycles. The van der Waals surface area contributed by atoms with Crippen molar-refractivity contribution >= 4 is 11.8 Å². The molecule has 0 saturated heterocycles. The first-order chi connectivity index (χ1) is 10.5. The van der Waals surface area contributed by atoms with Crippen molar-refractivity contribution in [1.29, 1.82) is 0 Å². The first-order valence-electron chi connectivity index (χ1n) is 7.17. The number of ether oxygens (including phenoxy) is 2. The number of hydrogen-bond acceptors (Lipinski definition) is 5. The van der Waals surface area contributed by atoms with Gasteiger partial charge in [0.15, 0.2) is 11.5 Å². The Balaban J connectivity index is 2.07. The number of aromatic hydroxyl groups is 2. The zero-order chi connectivity index (χ0) is 15.9. The van der Waals surface area contributed by atoms with E-state index in [0.717, 1.165) is 17.0 Å². The van der Waals surface area contributed by atoms with Crippen molar-refractivity contribution in [1.82, 2.24) is 0 Å². The lowest BCUT2D eigenvalue weighted by Gasteiger charge is -2.28. The topological polar surface area (TPSA) is 71.0 Å². The molecule has 0 saturated carbocycles. The smallest absolute Gasteiger partial charge is 0.201 e. The summed E-state index contributed by atoms with van der Waals surface area (Å²) in [6.07, 6.45) is 7.52. The summed E-state index contributed by atoms with van der Waals surface area (Å²) in [7, 11) is 1.61. The fourth-order valence-electron chi connectivity index (χ4n) is 2.59. The molecule has 22 heavy (non-hydrogen) atoms. The highest BCUT2D eigenvalue weighted by atomic mass is 16.5. The third kappa shape index (κ3) is 2.39. The van der Waals surface area contributed by atoms with Crippen molar-refractivity contribution in [3.8, 4) is 17.2 Å². The van der Waals surface area contributed by atoms with Crippen molar-refractivity contribution in [2.24, 2.45) is 0 Å². The first-order valence-corrected chi connectivity index (χ1v) is 7.17. The maximum Gasteiger partial charge on any atom is 0.201 e. The van der Waals surface area contributed by atoms with Crippen LogP contribution in [0.3, 0.4) is 0 Å². The molecule has 0 bridgehead atoms. The van der Waals surface area contributed by atoms with E-state index in [1.54, 1.807) is 13.2 Å². The van der Waals surface area contributed by atoms with Crippen LogP contribution in [-0.4, -0.2) is 29.5 Å². The van der Waals surface area contributed by atoms with Crippen LogP contribution in [-0.2, 0) is 4.74 Å². The Labute approximate surface area is 129 Å². The van der Waals surface area contributed by atoms with Crippen molar-refractivity contribution in [3.63, 3.8) is 0 Å². The van der Waals surface area contributed by atoms with Crippen LogP contribution in [0.15, 0.2) is 35.6 Å². The third-order valence-corrected chi connectivity index (χ3v) is 3.62. The van der Waals surface area contributed by atoms with Crippen LogP contribution < -0.4 is 10.1 Å². The Morgan fingerprint density at radius 1 is 1.18 bits per heavy atom. The van der Waals surface area contributed by atoms with Gasteiger partial charge in [0.25, 0.3) is 0 Å². The van der Waals surface area contributed by atoms with E-state index >= 15 is 0 Å². The number of methoxy groups -OCH3 is 1. The average molecular weight is 301 g/mol. The predicted molar refractivity (Wildman–Crippen MR) is 85.2 cm³/mol. The van der Waals surface area contributed by atoms with Crippen LogP contribution in [0.25, 0.3) is 6.08 Å². The Morgan fingerprint density at radius 2 is 1.95 bits per heavy atom. The van der Waals surface area contributed by atoms with Crippen LogP contribution in [0.2, 0.25) is 0 Å². The quantitative estimate of drug-likeness (QED) is 0.591. The molecule has 1 unspecified atom stereocenters. The molecule has 0 radical (unpaired) electrons. The first kappa shape index (κ1) is 14.4. The summed E-state index contributed by atoms with van der Waals surface area (Å²) < 4.78 is 10.8. The van der Waals surface area contributed by atoms with E-state index in [-0.39, 0.29) is 29.4 Å². The summed E-state index contributed by atoms with van der Waals surface area (Å²) in [5.41, 5.74) is 2.22. The monoisotopic (exact) mass is 301 g/mol. The molecule has 5 heteroatoms. The minimum absolute atomic E-state index is 0.00208. The summed E-state index contributed by atoms with van der Waals surface area (Å²) in [6.45, 7) is 3.73. The van der Waals surface area contributed by atoms with Gasteiger partial charge in [0.1, 0.15) is 5.76 Å². The van der Waals surface area contributed by atoms with Crippen molar-refractivity contribution in [3.05, 3.63) is 41.2 Å². The molecular formula is C17H19NO4. The maximum atomic E-state index is 10.3. The Kier molecular flexibility index (Phi) is 3.48. The van der Waals surface area contributed by atoms with E-state index in [1.807, 2.05) is 38.2 Å². The number of allylic oxidation sites excluding steroid dienone is 1. The number of hydrogen-bond donors (Lipinski definition) is 3. The number of phenolic OH excluding ortho intramolecular Hbond substituents is 2. The molecule has 0 amide bonds. The predicted octanol–water partition coefficient (Wildman–Crippen LogP) is 3.16. The number of fused-ring (bicyclic) bond motifs is 2. The molecule has 0 aromatic heterocycles. The second kappa shape index (κ2) is 5.33. The van der Waals surface area contributed by atoms with Gasteiger partial charge in [0.05, 0.1) is 19.3 Å². The lowest BCUT2D eigenvalue weighted by atomic mass is 9.93. The van der Waals surface area contributed by atoms with Crippen LogP contribution in [0, 0.1) is 0 Å². The number of phenols is 2. The molecule has 3 N–H and O–H groups in total. The number of anilines is 1. The third-order valence-electron chi connectivity index (χ3n) is 3.62. The van der Waals surface area contributed by atoms with Crippen LogP contribution >= 0.6 is 0 Å². The second-order valence-corrected chi connectivity index (χ2v) is 5.58. The number of benzene rings is 1. The van der Waals surface area contributed by atoms with Crippen molar-refractivity contribution < 1.29 is 19.7 Å². The summed E-state index contributed by atoms with van der Waals surface area (Å²) in [5, 5.41) is 23.7. The zero-order valence-electron chi connectivity index (χ0n) is 12.8.